The largest absolute Gasteiger partial charge is 0.366 e. The van der Waals surface area contributed by atoms with Gasteiger partial charge < -0.3 is 10.6 Å². The highest BCUT2D eigenvalue weighted by Gasteiger charge is 2.02. The van der Waals surface area contributed by atoms with Gasteiger partial charge in [-0.05, 0) is 36.8 Å². The molecule has 0 unspecified atom stereocenters. The van der Waals surface area contributed by atoms with Crippen molar-refractivity contribution in [1.29, 1.82) is 0 Å². The highest BCUT2D eigenvalue weighted by molar-refractivity contribution is 6.01. The Balaban J connectivity index is 1.53. The molecule has 0 spiro atoms. The molecule has 3 aromatic rings. The van der Waals surface area contributed by atoms with Crippen molar-refractivity contribution in [3.8, 4) is 0 Å². The first-order chi connectivity index (χ1) is 13.1. The van der Waals surface area contributed by atoms with Crippen LogP contribution in [-0.2, 0) is 11.3 Å². The maximum Gasteiger partial charge on any atom is 0.248 e. The van der Waals surface area contributed by atoms with Gasteiger partial charge in [-0.3, -0.25) is 4.79 Å². The summed E-state index contributed by atoms with van der Waals surface area (Å²) in [5, 5.41) is 5.81. The average molecular weight is 361 g/mol. The third kappa shape index (κ3) is 5.51. The number of benzene rings is 2. The minimum absolute atomic E-state index is 0.232. The molecule has 0 atom stereocenters. The fraction of sp³-hybridized carbons (Fsp3) is 0.0909. The summed E-state index contributed by atoms with van der Waals surface area (Å²) in [5.41, 5.74) is 3.29. The predicted molar refractivity (Wildman–Crippen MR) is 107 cm³/mol. The Morgan fingerprint density at radius 3 is 2.56 bits per heavy atom. The molecule has 2 aromatic carbocycles. The van der Waals surface area contributed by atoms with Crippen molar-refractivity contribution in [3.63, 3.8) is 0 Å². The second-order valence-electron chi connectivity index (χ2n) is 6.11. The molecule has 0 aliphatic heterocycles. The van der Waals surface area contributed by atoms with Crippen LogP contribution in [0.2, 0.25) is 0 Å². The second-order valence-corrected chi connectivity index (χ2v) is 6.11. The van der Waals surface area contributed by atoms with Gasteiger partial charge >= 0.3 is 0 Å². The van der Waals surface area contributed by atoms with E-state index < -0.39 is 0 Å². The molecule has 2 N–H and O–H groups in total. The van der Waals surface area contributed by atoms with Crippen molar-refractivity contribution >= 4 is 23.5 Å². The number of aryl methyl sites for hydroxylation is 1. The van der Waals surface area contributed by atoms with Crippen LogP contribution in [0.1, 0.15) is 16.7 Å². The lowest BCUT2D eigenvalue weighted by molar-refractivity contribution is -0.111. The molecule has 0 aliphatic carbocycles. The number of rotatable bonds is 6. The van der Waals surface area contributed by atoms with Crippen LogP contribution >= 0.6 is 0 Å². The monoisotopic (exact) mass is 361 g/mol. The summed E-state index contributed by atoms with van der Waals surface area (Å²) < 4.78 is 13.6. The summed E-state index contributed by atoms with van der Waals surface area (Å²) in [5.74, 6) is 0.116. The first-order valence-electron chi connectivity index (χ1n) is 8.59. The van der Waals surface area contributed by atoms with Crippen LogP contribution in [-0.4, -0.2) is 10.9 Å². The molecule has 0 fully saturated rings. The topological polar surface area (TPSA) is 54.0 Å². The van der Waals surface area contributed by atoms with Gasteiger partial charge in [0.1, 0.15) is 11.6 Å². The van der Waals surface area contributed by atoms with E-state index in [0.717, 1.165) is 5.56 Å². The predicted octanol–water partition coefficient (Wildman–Crippen LogP) is 4.79. The number of nitrogens with one attached hydrogen (secondary N) is 2. The average Bonchev–Trinajstić information content (AvgIpc) is 2.68. The molecule has 136 valence electrons. The molecule has 5 heteroatoms. The lowest BCUT2D eigenvalue weighted by Crippen LogP contribution is -2.08. The zero-order chi connectivity index (χ0) is 19.1. The lowest BCUT2D eigenvalue weighted by Gasteiger charge is -2.08. The van der Waals surface area contributed by atoms with Crippen molar-refractivity contribution in [2.75, 3.05) is 10.6 Å². The van der Waals surface area contributed by atoms with E-state index in [4.69, 9.17) is 0 Å². The van der Waals surface area contributed by atoms with Gasteiger partial charge in [0, 0.05) is 18.2 Å². The maximum absolute atomic E-state index is 13.6. The number of carbonyl (C=O) groups excluding carboxylic acids is 1. The standard InChI is InChI=1S/C22H20FN3O/c1-16-6-8-17(9-7-16)10-13-22(27)26-19-11-12-21(25-15-19)24-14-18-4-2-3-5-20(18)23/h2-13,15H,14H2,1H3,(H,24,25)(H,26,27)/b13-10+. The quantitative estimate of drug-likeness (QED) is 0.621. The van der Waals surface area contributed by atoms with E-state index in [9.17, 15) is 9.18 Å². The Morgan fingerprint density at radius 2 is 1.85 bits per heavy atom. The van der Waals surface area contributed by atoms with Gasteiger partial charge in [0.15, 0.2) is 0 Å². The summed E-state index contributed by atoms with van der Waals surface area (Å²) >= 11 is 0. The van der Waals surface area contributed by atoms with E-state index >= 15 is 0 Å². The van der Waals surface area contributed by atoms with Gasteiger partial charge in [0.2, 0.25) is 5.91 Å². The SMILES string of the molecule is Cc1ccc(/C=C/C(=O)Nc2ccc(NCc3ccccc3F)nc2)cc1. The molecule has 1 aromatic heterocycles. The van der Waals surface area contributed by atoms with E-state index in [2.05, 4.69) is 15.6 Å². The van der Waals surface area contributed by atoms with Crippen molar-refractivity contribution < 1.29 is 9.18 Å². The second kappa shape index (κ2) is 8.76. The number of nitrogens with zero attached hydrogens (tertiary/aromatic N) is 1. The molecule has 0 radical (unpaired) electrons. The number of anilines is 2. The van der Waals surface area contributed by atoms with Gasteiger partial charge in [-0.1, -0.05) is 48.0 Å². The fourth-order valence-electron chi connectivity index (χ4n) is 2.43. The zero-order valence-electron chi connectivity index (χ0n) is 14.9. The zero-order valence-corrected chi connectivity index (χ0v) is 14.9. The number of aromatic nitrogens is 1. The fourth-order valence-corrected chi connectivity index (χ4v) is 2.43. The van der Waals surface area contributed by atoms with E-state index in [1.54, 1.807) is 42.6 Å². The number of amides is 1. The van der Waals surface area contributed by atoms with Gasteiger partial charge in [0.25, 0.3) is 0 Å². The number of hydrogen-bond acceptors (Lipinski definition) is 3. The van der Waals surface area contributed by atoms with Gasteiger partial charge in [0.05, 0.1) is 11.9 Å². The van der Waals surface area contributed by atoms with Crippen LogP contribution in [0.4, 0.5) is 15.9 Å². The smallest absolute Gasteiger partial charge is 0.248 e. The van der Waals surface area contributed by atoms with Crippen molar-refractivity contribution in [2.24, 2.45) is 0 Å². The van der Waals surface area contributed by atoms with Crippen molar-refractivity contribution in [2.45, 2.75) is 13.5 Å². The Bertz CT molecular complexity index is 935. The molecule has 0 saturated carbocycles. The number of halogens is 1. The molecule has 27 heavy (non-hydrogen) atoms. The van der Waals surface area contributed by atoms with Crippen LogP contribution in [0.5, 0.6) is 0 Å². The van der Waals surface area contributed by atoms with E-state index in [1.807, 2.05) is 31.2 Å². The van der Waals surface area contributed by atoms with E-state index in [1.165, 1.54) is 17.7 Å². The van der Waals surface area contributed by atoms with Crippen LogP contribution in [0, 0.1) is 12.7 Å². The Kier molecular flexibility index (Phi) is 5.94. The molecule has 0 aliphatic rings. The molecule has 4 nitrogen and oxygen atoms in total. The summed E-state index contributed by atoms with van der Waals surface area (Å²) in [6, 6.07) is 18.0. The van der Waals surface area contributed by atoms with Crippen LogP contribution in [0.3, 0.4) is 0 Å². The minimum atomic E-state index is -0.255. The Morgan fingerprint density at radius 1 is 1.07 bits per heavy atom. The summed E-state index contributed by atoms with van der Waals surface area (Å²) in [6.07, 6.45) is 4.79. The molecule has 1 amide bonds. The summed E-state index contributed by atoms with van der Waals surface area (Å²) in [4.78, 5) is 16.2. The third-order valence-electron chi connectivity index (χ3n) is 3.95. The minimum Gasteiger partial charge on any atom is -0.366 e. The molecular formula is C22H20FN3O. The molecule has 0 bridgehead atoms. The van der Waals surface area contributed by atoms with Crippen molar-refractivity contribution in [1.82, 2.24) is 4.98 Å². The van der Waals surface area contributed by atoms with Gasteiger partial charge in [-0.2, -0.15) is 0 Å². The van der Waals surface area contributed by atoms with E-state index in [0.29, 0.717) is 23.6 Å². The highest BCUT2D eigenvalue weighted by Crippen LogP contribution is 2.13. The van der Waals surface area contributed by atoms with Crippen LogP contribution < -0.4 is 10.6 Å². The molecule has 1 heterocycles. The van der Waals surface area contributed by atoms with Crippen LogP contribution in [0.15, 0.2) is 72.9 Å². The normalized spacial score (nSPS) is 10.7. The van der Waals surface area contributed by atoms with Crippen molar-refractivity contribution in [3.05, 3.63) is 95.4 Å². The number of pyridine rings is 1. The van der Waals surface area contributed by atoms with Gasteiger partial charge in [-0.15, -0.1) is 0 Å². The lowest BCUT2D eigenvalue weighted by atomic mass is 10.1. The maximum atomic E-state index is 13.6. The van der Waals surface area contributed by atoms with E-state index in [-0.39, 0.29) is 11.7 Å². The molecule has 3 rings (SSSR count). The van der Waals surface area contributed by atoms with Gasteiger partial charge in [-0.25, -0.2) is 9.37 Å². The number of hydrogen-bond donors (Lipinski definition) is 2. The summed E-state index contributed by atoms with van der Waals surface area (Å²) in [6.45, 7) is 2.35. The first-order valence-corrected chi connectivity index (χ1v) is 8.59. The first kappa shape index (κ1) is 18.3. The third-order valence-corrected chi connectivity index (χ3v) is 3.95. The summed E-state index contributed by atoms with van der Waals surface area (Å²) in [7, 11) is 0. The highest BCUT2D eigenvalue weighted by atomic mass is 19.1. The Hall–Kier alpha value is -3.47. The van der Waals surface area contributed by atoms with Crippen LogP contribution in [0.25, 0.3) is 6.08 Å². The molecular weight excluding hydrogens is 341 g/mol. The number of carbonyl (C=O) groups is 1. The molecule has 0 saturated heterocycles. The Labute approximate surface area is 157 Å².